The average Bonchev–Trinajstić information content (AvgIpc) is 2.30. The number of carbonyl (C=O) groups excluding carboxylic acids is 2. The lowest BCUT2D eigenvalue weighted by Crippen LogP contribution is -2.45. The van der Waals surface area contributed by atoms with Gasteiger partial charge in [0.05, 0.1) is 0 Å². The van der Waals surface area contributed by atoms with E-state index < -0.39 is 18.2 Å². The minimum Gasteiger partial charge on any atom is -0.456 e. The average molecular weight is 259 g/mol. The number of ether oxygens (including phenoxy) is 2. The molecule has 2 N–H and O–H groups in total. The molecule has 1 heterocycles. The van der Waals surface area contributed by atoms with Crippen molar-refractivity contribution in [2.45, 2.75) is 13.2 Å². The van der Waals surface area contributed by atoms with Crippen molar-refractivity contribution in [3.63, 3.8) is 0 Å². The van der Waals surface area contributed by atoms with Gasteiger partial charge in [-0.15, -0.1) is 0 Å². The van der Waals surface area contributed by atoms with Gasteiger partial charge in [0.1, 0.15) is 12.8 Å². The molecular formula is C11H21N3O4. The van der Waals surface area contributed by atoms with Gasteiger partial charge < -0.3 is 14.4 Å². The summed E-state index contributed by atoms with van der Waals surface area (Å²) in [5.41, 5.74) is 5.23. The number of carbonyl (C=O) groups is 2. The van der Waals surface area contributed by atoms with Crippen LogP contribution in [0.2, 0.25) is 0 Å². The molecule has 0 radical (unpaired) electrons. The fraction of sp³-hybridized carbons (Fsp3) is 0.818. The minimum atomic E-state index is -1.04. The number of hydrogen-bond acceptors (Lipinski definition) is 7. The van der Waals surface area contributed by atoms with Gasteiger partial charge in [-0.25, -0.2) is 9.59 Å². The highest BCUT2D eigenvalue weighted by Gasteiger charge is 2.19. The Kier molecular flexibility index (Phi) is 6.03. The summed E-state index contributed by atoms with van der Waals surface area (Å²) in [5, 5.41) is 0. The van der Waals surface area contributed by atoms with Crippen LogP contribution in [0.5, 0.6) is 0 Å². The molecule has 18 heavy (non-hydrogen) atoms. The molecule has 7 nitrogen and oxygen atoms in total. The van der Waals surface area contributed by atoms with Gasteiger partial charge in [-0.05, 0) is 14.0 Å². The molecule has 1 aliphatic heterocycles. The summed E-state index contributed by atoms with van der Waals surface area (Å²) in [6.45, 7) is 6.18. The molecule has 1 aliphatic rings. The highest BCUT2D eigenvalue weighted by Crippen LogP contribution is 1.98. The van der Waals surface area contributed by atoms with Gasteiger partial charge >= 0.3 is 11.9 Å². The van der Waals surface area contributed by atoms with Gasteiger partial charge in [-0.2, -0.15) is 0 Å². The second kappa shape index (κ2) is 7.30. The monoisotopic (exact) mass is 259 g/mol. The zero-order valence-corrected chi connectivity index (χ0v) is 10.9. The Bertz CT molecular complexity index is 288. The number of hydrogen-bond donors (Lipinski definition) is 1. The van der Waals surface area contributed by atoms with Crippen molar-refractivity contribution in [1.29, 1.82) is 0 Å². The Hall–Kier alpha value is -1.18. The van der Waals surface area contributed by atoms with Gasteiger partial charge in [0.25, 0.3) is 0 Å². The molecule has 7 heteroatoms. The smallest absolute Gasteiger partial charge is 0.419 e. The molecule has 0 aromatic heterocycles. The van der Waals surface area contributed by atoms with Crippen LogP contribution in [0.3, 0.4) is 0 Å². The quantitative estimate of drug-likeness (QED) is 0.378. The normalized spacial score (nSPS) is 19.3. The maximum Gasteiger partial charge on any atom is 0.419 e. The van der Waals surface area contributed by atoms with Crippen molar-refractivity contribution < 1.29 is 19.1 Å². The van der Waals surface area contributed by atoms with E-state index in [1.807, 2.05) is 0 Å². The van der Waals surface area contributed by atoms with Crippen LogP contribution in [0.25, 0.3) is 0 Å². The summed E-state index contributed by atoms with van der Waals surface area (Å²) >= 11 is 0. The van der Waals surface area contributed by atoms with Crippen LogP contribution in [0.15, 0.2) is 0 Å². The summed E-state index contributed by atoms with van der Waals surface area (Å²) in [5.74, 6) is -2.02. The molecule has 0 aliphatic carbocycles. The Morgan fingerprint density at radius 1 is 1.22 bits per heavy atom. The van der Waals surface area contributed by atoms with Gasteiger partial charge in [-0.3, -0.25) is 10.6 Å². The molecule has 1 atom stereocenters. The van der Waals surface area contributed by atoms with Crippen molar-refractivity contribution in [1.82, 2.24) is 9.80 Å². The molecule has 0 aromatic rings. The fourth-order valence-electron chi connectivity index (χ4n) is 1.61. The molecule has 0 unspecified atom stereocenters. The SMILES string of the molecule is C[C@H](N)OC(=O)C(=O)OCCN1CCN(C)CC1. The van der Waals surface area contributed by atoms with Gasteiger partial charge in [-0.1, -0.05) is 0 Å². The number of likely N-dealkylation sites (N-methyl/N-ethyl adjacent to an activating group) is 1. The number of nitrogens with two attached hydrogens (primary N) is 1. The molecule has 1 rings (SSSR count). The van der Waals surface area contributed by atoms with Crippen molar-refractivity contribution in [2.75, 3.05) is 46.4 Å². The molecule has 0 bridgehead atoms. The Labute approximate surface area is 107 Å². The van der Waals surface area contributed by atoms with E-state index in [-0.39, 0.29) is 6.61 Å². The first-order chi connectivity index (χ1) is 8.49. The van der Waals surface area contributed by atoms with E-state index >= 15 is 0 Å². The molecule has 0 aromatic carbocycles. The zero-order valence-electron chi connectivity index (χ0n) is 10.9. The van der Waals surface area contributed by atoms with Crippen molar-refractivity contribution in [3.8, 4) is 0 Å². The Morgan fingerprint density at radius 2 is 1.83 bits per heavy atom. The summed E-state index contributed by atoms with van der Waals surface area (Å²) in [6, 6.07) is 0. The third kappa shape index (κ3) is 5.44. The highest BCUT2D eigenvalue weighted by molar-refractivity contribution is 6.29. The fourth-order valence-corrected chi connectivity index (χ4v) is 1.61. The number of piperazine rings is 1. The van der Waals surface area contributed by atoms with Gasteiger partial charge in [0.2, 0.25) is 0 Å². The highest BCUT2D eigenvalue weighted by atomic mass is 16.6. The second-order valence-corrected chi connectivity index (χ2v) is 4.39. The van der Waals surface area contributed by atoms with Crippen molar-refractivity contribution in [2.24, 2.45) is 5.73 Å². The standard InChI is InChI=1S/C11H21N3O4/c1-9(12)18-11(16)10(15)17-8-7-14-5-3-13(2)4-6-14/h9H,3-8,12H2,1-2H3/t9-/m1/s1. The van der Waals surface area contributed by atoms with E-state index in [1.165, 1.54) is 6.92 Å². The first-order valence-electron chi connectivity index (χ1n) is 6.03. The lowest BCUT2D eigenvalue weighted by molar-refractivity contribution is -0.170. The van der Waals surface area contributed by atoms with E-state index in [9.17, 15) is 9.59 Å². The third-order valence-corrected chi connectivity index (χ3v) is 2.70. The van der Waals surface area contributed by atoms with Gasteiger partial charge in [0, 0.05) is 32.7 Å². The number of esters is 2. The predicted molar refractivity (Wildman–Crippen MR) is 64.6 cm³/mol. The van der Waals surface area contributed by atoms with E-state index in [0.717, 1.165) is 26.2 Å². The van der Waals surface area contributed by atoms with Crippen LogP contribution < -0.4 is 5.73 Å². The van der Waals surface area contributed by atoms with Crippen LogP contribution in [0, 0.1) is 0 Å². The number of rotatable bonds is 4. The molecule has 104 valence electrons. The van der Waals surface area contributed by atoms with Gasteiger partial charge in [0.15, 0.2) is 0 Å². The topological polar surface area (TPSA) is 85.1 Å². The number of nitrogens with zero attached hydrogens (tertiary/aromatic N) is 2. The predicted octanol–water partition coefficient (Wildman–Crippen LogP) is -1.38. The third-order valence-electron chi connectivity index (χ3n) is 2.70. The van der Waals surface area contributed by atoms with E-state index in [2.05, 4.69) is 21.6 Å². The lowest BCUT2D eigenvalue weighted by atomic mass is 10.3. The molecule has 1 fully saturated rings. The largest absolute Gasteiger partial charge is 0.456 e. The first-order valence-corrected chi connectivity index (χ1v) is 6.03. The molecule has 0 saturated carbocycles. The minimum absolute atomic E-state index is 0.191. The van der Waals surface area contributed by atoms with Crippen LogP contribution in [0.4, 0.5) is 0 Å². The van der Waals surface area contributed by atoms with E-state index in [1.54, 1.807) is 0 Å². The molecule has 0 amide bonds. The summed E-state index contributed by atoms with van der Waals surface area (Å²) in [4.78, 5) is 26.7. The van der Waals surface area contributed by atoms with E-state index in [0.29, 0.717) is 6.54 Å². The molecule has 1 saturated heterocycles. The molecular weight excluding hydrogens is 238 g/mol. The maximum atomic E-state index is 11.2. The van der Waals surface area contributed by atoms with Crippen LogP contribution in [-0.4, -0.2) is 74.3 Å². The maximum absolute atomic E-state index is 11.2. The summed E-state index contributed by atoms with van der Waals surface area (Å²) in [6.07, 6.45) is -0.803. The van der Waals surface area contributed by atoms with Crippen LogP contribution >= 0.6 is 0 Å². The first kappa shape index (κ1) is 14.9. The summed E-state index contributed by atoms with van der Waals surface area (Å²) < 4.78 is 9.32. The van der Waals surface area contributed by atoms with Crippen LogP contribution in [0.1, 0.15) is 6.92 Å². The Balaban J connectivity index is 2.13. The van der Waals surface area contributed by atoms with Crippen LogP contribution in [-0.2, 0) is 19.1 Å². The van der Waals surface area contributed by atoms with E-state index in [4.69, 9.17) is 10.5 Å². The van der Waals surface area contributed by atoms with Crippen molar-refractivity contribution in [3.05, 3.63) is 0 Å². The summed E-state index contributed by atoms with van der Waals surface area (Å²) in [7, 11) is 2.07. The lowest BCUT2D eigenvalue weighted by Gasteiger charge is -2.31. The van der Waals surface area contributed by atoms with Crippen molar-refractivity contribution >= 4 is 11.9 Å². The zero-order chi connectivity index (χ0) is 13.5. The second-order valence-electron chi connectivity index (χ2n) is 4.39. The Morgan fingerprint density at radius 3 is 2.39 bits per heavy atom. The molecule has 0 spiro atoms.